The van der Waals surface area contributed by atoms with E-state index in [1.54, 1.807) is 9.80 Å². The molecule has 2 aliphatic rings. The number of nitrogens with zero attached hydrogens (tertiary/aromatic N) is 1. The Bertz CT molecular complexity index is 616. The molecule has 2 aliphatic heterocycles. The van der Waals surface area contributed by atoms with Crippen LogP contribution in [0.3, 0.4) is 0 Å². The van der Waals surface area contributed by atoms with Crippen molar-refractivity contribution in [2.45, 2.75) is 45.2 Å². The first-order chi connectivity index (χ1) is 12.1. The summed E-state index contributed by atoms with van der Waals surface area (Å²) in [4.78, 5) is 27.8. The fourth-order valence-corrected chi connectivity index (χ4v) is 3.93. The molecule has 1 aromatic carbocycles. The second-order valence-electron chi connectivity index (χ2n) is 7.20. The third-order valence-electron chi connectivity index (χ3n) is 5.40. The van der Waals surface area contributed by atoms with Gasteiger partial charge in [0.05, 0.1) is 25.7 Å². The quantitative estimate of drug-likeness (QED) is 0.726. The number of nitrogens with one attached hydrogen (secondary N) is 3. The Morgan fingerprint density at radius 3 is 2.80 bits per heavy atom. The standard InChI is InChI=1S/C19H28N4O2/c1-3-22-10-4-5-17(22)12-20-19(25)21-15-11-18(24)23(13-15)16-8-6-14(2)7-9-16/h6-9,15,17H,3-5,10-13H2,1-2H3,(H2,20,21,25)/p+1/t15-,17-/m1/s1. The Morgan fingerprint density at radius 1 is 1.32 bits per heavy atom. The van der Waals surface area contributed by atoms with E-state index in [0.717, 1.165) is 12.2 Å². The first-order valence-corrected chi connectivity index (χ1v) is 9.32. The minimum atomic E-state index is -0.161. The van der Waals surface area contributed by atoms with Crippen molar-refractivity contribution in [3.63, 3.8) is 0 Å². The van der Waals surface area contributed by atoms with Gasteiger partial charge in [-0.15, -0.1) is 0 Å². The number of amides is 3. The summed E-state index contributed by atoms with van der Waals surface area (Å²) in [7, 11) is 0. The number of carbonyl (C=O) groups is 2. The summed E-state index contributed by atoms with van der Waals surface area (Å²) in [6, 6.07) is 8.14. The number of hydrogen-bond donors (Lipinski definition) is 3. The second kappa shape index (κ2) is 7.87. The molecular weight excluding hydrogens is 316 g/mol. The Balaban J connectivity index is 1.47. The van der Waals surface area contributed by atoms with Crippen LogP contribution < -0.4 is 20.4 Å². The van der Waals surface area contributed by atoms with Crippen LogP contribution in [0.15, 0.2) is 24.3 Å². The van der Waals surface area contributed by atoms with Crippen LogP contribution in [0.25, 0.3) is 0 Å². The van der Waals surface area contributed by atoms with Crippen molar-refractivity contribution in [2.75, 3.05) is 31.1 Å². The van der Waals surface area contributed by atoms with Gasteiger partial charge in [0.15, 0.2) is 0 Å². The van der Waals surface area contributed by atoms with Gasteiger partial charge in [-0.05, 0) is 26.0 Å². The highest BCUT2D eigenvalue weighted by atomic mass is 16.2. The van der Waals surface area contributed by atoms with Crippen LogP contribution in [0.2, 0.25) is 0 Å². The summed E-state index contributed by atoms with van der Waals surface area (Å²) >= 11 is 0. The van der Waals surface area contributed by atoms with Crippen LogP contribution in [-0.4, -0.2) is 50.2 Å². The minimum Gasteiger partial charge on any atom is -0.333 e. The number of likely N-dealkylation sites (tertiary alicyclic amines) is 1. The Morgan fingerprint density at radius 2 is 2.08 bits per heavy atom. The summed E-state index contributed by atoms with van der Waals surface area (Å²) in [5.41, 5.74) is 2.06. The fourth-order valence-electron chi connectivity index (χ4n) is 3.93. The first-order valence-electron chi connectivity index (χ1n) is 9.32. The molecule has 6 nitrogen and oxygen atoms in total. The maximum Gasteiger partial charge on any atom is 0.315 e. The monoisotopic (exact) mass is 345 g/mol. The lowest BCUT2D eigenvalue weighted by Gasteiger charge is -2.21. The maximum atomic E-state index is 12.3. The zero-order chi connectivity index (χ0) is 17.8. The van der Waals surface area contributed by atoms with Gasteiger partial charge in [0.25, 0.3) is 0 Å². The molecule has 2 fully saturated rings. The summed E-state index contributed by atoms with van der Waals surface area (Å²) in [5, 5.41) is 5.95. The third kappa shape index (κ3) is 4.31. The number of urea groups is 1. The van der Waals surface area contributed by atoms with E-state index in [4.69, 9.17) is 0 Å². The lowest BCUT2D eigenvalue weighted by atomic mass is 10.2. The number of aryl methyl sites for hydroxylation is 1. The topological polar surface area (TPSA) is 65.9 Å². The molecule has 6 heteroatoms. The van der Waals surface area contributed by atoms with E-state index >= 15 is 0 Å². The number of rotatable bonds is 5. The second-order valence-corrected chi connectivity index (χ2v) is 7.20. The third-order valence-corrected chi connectivity index (χ3v) is 5.40. The molecule has 3 N–H and O–H groups in total. The van der Waals surface area contributed by atoms with Crippen LogP contribution in [-0.2, 0) is 4.79 Å². The molecule has 3 atom stereocenters. The average molecular weight is 345 g/mol. The highest BCUT2D eigenvalue weighted by Crippen LogP contribution is 2.21. The highest BCUT2D eigenvalue weighted by Gasteiger charge is 2.32. The molecule has 3 amide bonds. The number of quaternary nitrogens is 1. The van der Waals surface area contributed by atoms with E-state index in [2.05, 4.69) is 17.6 Å². The van der Waals surface area contributed by atoms with E-state index in [9.17, 15) is 9.59 Å². The van der Waals surface area contributed by atoms with E-state index in [-0.39, 0.29) is 18.0 Å². The van der Waals surface area contributed by atoms with Crippen molar-refractivity contribution in [1.82, 2.24) is 10.6 Å². The van der Waals surface area contributed by atoms with Gasteiger partial charge in [-0.2, -0.15) is 0 Å². The van der Waals surface area contributed by atoms with Crippen molar-refractivity contribution >= 4 is 17.6 Å². The predicted octanol–water partition coefficient (Wildman–Crippen LogP) is 0.467. The van der Waals surface area contributed by atoms with Crippen molar-refractivity contribution in [2.24, 2.45) is 0 Å². The fraction of sp³-hybridized carbons (Fsp3) is 0.579. The van der Waals surface area contributed by atoms with Crippen LogP contribution >= 0.6 is 0 Å². The molecule has 1 unspecified atom stereocenters. The average Bonchev–Trinajstić information content (AvgIpc) is 3.19. The maximum absolute atomic E-state index is 12.3. The minimum absolute atomic E-state index is 0.0616. The summed E-state index contributed by atoms with van der Waals surface area (Å²) in [6.07, 6.45) is 2.77. The molecular formula is C19H29N4O2+. The summed E-state index contributed by atoms with van der Waals surface area (Å²) in [6.45, 7) is 7.76. The van der Waals surface area contributed by atoms with E-state index in [0.29, 0.717) is 25.6 Å². The first kappa shape index (κ1) is 17.7. The van der Waals surface area contributed by atoms with E-state index < -0.39 is 0 Å². The molecule has 0 radical (unpaired) electrons. The van der Waals surface area contributed by atoms with Gasteiger partial charge in [0.2, 0.25) is 5.91 Å². The van der Waals surface area contributed by atoms with Crippen molar-refractivity contribution in [3.05, 3.63) is 29.8 Å². The Kier molecular flexibility index (Phi) is 5.58. The van der Waals surface area contributed by atoms with E-state index in [1.807, 2.05) is 31.2 Å². The Hall–Kier alpha value is -2.08. The van der Waals surface area contributed by atoms with Crippen LogP contribution in [0.1, 0.15) is 31.7 Å². The normalized spacial score (nSPS) is 26.1. The van der Waals surface area contributed by atoms with Gasteiger partial charge in [-0.25, -0.2) is 4.79 Å². The van der Waals surface area contributed by atoms with Gasteiger partial charge in [0, 0.05) is 31.5 Å². The number of hydrogen-bond acceptors (Lipinski definition) is 2. The smallest absolute Gasteiger partial charge is 0.315 e. The Labute approximate surface area is 149 Å². The zero-order valence-corrected chi connectivity index (χ0v) is 15.2. The summed E-state index contributed by atoms with van der Waals surface area (Å²) < 4.78 is 0. The largest absolute Gasteiger partial charge is 0.333 e. The molecule has 25 heavy (non-hydrogen) atoms. The summed E-state index contributed by atoms with van der Waals surface area (Å²) in [5.74, 6) is 0.0616. The predicted molar refractivity (Wildman–Crippen MR) is 97.9 cm³/mol. The highest BCUT2D eigenvalue weighted by molar-refractivity contribution is 5.96. The SMILES string of the molecule is CC[NH+]1CCC[C@@H]1CNC(=O)N[C@@H]1CC(=O)N(c2ccc(C)cc2)C1. The van der Waals surface area contributed by atoms with Crippen LogP contribution in [0.4, 0.5) is 10.5 Å². The lowest BCUT2D eigenvalue weighted by molar-refractivity contribution is -0.909. The molecule has 136 valence electrons. The molecule has 0 aromatic heterocycles. The molecule has 1 aromatic rings. The molecule has 0 spiro atoms. The van der Waals surface area contributed by atoms with Crippen molar-refractivity contribution in [1.29, 1.82) is 0 Å². The molecule has 2 saturated heterocycles. The van der Waals surface area contributed by atoms with Gasteiger partial charge in [-0.3, -0.25) is 4.79 Å². The molecule has 0 aliphatic carbocycles. The molecule has 3 rings (SSSR count). The number of likely N-dealkylation sites (N-methyl/N-ethyl adjacent to an activating group) is 1. The number of carbonyl (C=O) groups excluding carboxylic acids is 2. The molecule has 0 saturated carbocycles. The molecule has 2 heterocycles. The van der Waals surface area contributed by atoms with Crippen LogP contribution in [0.5, 0.6) is 0 Å². The van der Waals surface area contributed by atoms with Gasteiger partial charge >= 0.3 is 6.03 Å². The number of benzene rings is 1. The van der Waals surface area contributed by atoms with Crippen molar-refractivity contribution < 1.29 is 14.5 Å². The van der Waals surface area contributed by atoms with Crippen molar-refractivity contribution in [3.8, 4) is 0 Å². The van der Waals surface area contributed by atoms with Gasteiger partial charge < -0.3 is 20.4 Å². The number of anilines is 1. The zero-order valence-electron chi connectivity index (χ0n) is 15.2. The van der Waals surface area contributed by atoms with Crippen LogP contribution in [0, 0.1) is 6.92 Å². The van der Waals surface area contributed by atoms with E-state index in [1.165, 1.54) is 24.9 Å². The van der Waals surface area contributed by atoms with Gasteiger partial charge in [-0.1, -0.05) is 17.7 Å². The van der Waals surface area contributed by atoms with Gasteiger partial charge in [0.1, 0.15) is 6.04 Å². The lowest BCUT2D eigenvalue weighted by Crippen LogP contribution is -3.14. The molecule has 0 bridgehead atoms.